The monoisotopic (exact) mass is 403 g/mol. The van der Waals surface area contributed by atoms with Gasteiger partial charge in [-0.05, 0) is 31.0 Å². The first kappa shape index (κ1) is 19.6. The number of hydrogen-bond acceptors (Lipinski definition) is 5. The molecule has 1 aliphatic heterocycles. The predicted molar refractivity (Wildman–Crippen MR) is 96.3 cm³/mol. The fraction of sp³-hybridized carbons (Fsp3) is 0.267. The maximum absolute atomic E-state index is 12.5. The maximum Gasteiger partial charge on any atom is 0.266 e. The molecule has 0 fully saturated rings. The number of rotatable bonds is 6. The van der Waals surface area contributed by atoms with Crippen LogP contribution in [0.25, 0.3) is 0 Å². The van der Waals surface area contributed by atoms with E-state index in [-0.39, 0.29) is 10.6 Å². The fourth-order valence-electron chi connectivity index (χ4n) is 2.13. The van der Waals surface area contributed by atoms with Gasteiger partial charge in [0.2, 0.25) is 10.0 Å². The van der Waals surface area contributed by atoms with Crippen LogP contribution in [0.5, 0.6) is 0 Å². The number of nitrogens with one attached hydrogen (secondary N) is 1. The molecule has 1 aromatic carbocycles. The van der Waals surface area contributed by atoms with Crippen molar-refractivity contribution in [3.8, 4) is 0 Å². The van der Waals surface area contributed by atoms with Crippen LogP contribution < -0.4 is 4.83 Å². The van der Waals surface area contributed by atoms with Gasteiger partial charge in [0.05, 0.1) is 11.3 Å². The lowest BCUT2D eigenvalue weighted by atomic mass is 10.1. The first-order chi connectivity index (χ1) is 11.7. The van der Waals surface area contributed by atoms with Crippen LogP contribution >= 0.6 is 23.2 Å². The molecule has 1 aliphatic rings. The summed E-state index contributed by atoms with van der Waals surface area (Å²) in [6, 6.07) is 4.29. The van der Waals surface area contributed by atoms with Crippen molar-refractivity contribution in [3.63, 3.8) is 0 Å². The molecule has 0 aromatic heterocycles. The van der Waals surface area contributed by atoms with Crippen molar-refractivity contribution in [2.45, 2.75) is 12.8 Å². The van der Waals surface area contributed by atoms with Gasteiger partial charge < -0.3 is 0 Å². The lowest BCUT2D eigenvalue weighted by Crippen LogP contribution is -2.48. The van der Waals surface area contributed by atoms with Gasteiger partial charge in [0.25, 0.3) is 5.91 Å². The van der Waals surface area contributed by atoms with E-state index in [0.717, 1.165) is 11.3 Å². The van der Waals surface area contributed by atoms with Gasteiger partial charge in [0, 0.05) is 28.6 Å². The molecule has 0 unspecified atom stereocenters. The summed E-state index contributed by atoms with van der Waals surface area (Å²) in [5.74, 6) is -1.17. The maximum atomic E-state index is 12.5. The third kappa shape index (κ3) is 5.64. The molecular weight excluding hydrogens is 389 g/mol. The van der Waals surface area contributed by atoms with E-state index in [1.165, 1.54) is 24.4 Å². The Labute approximate surface area is 155 Å². The molecule has 0 atom stereocenters. The quantitative estimate of drug-likeness (QED) is 0.581. The Hall–Kier alpha value is -1.74. The number of hydrogen-bond donors (Lipinski definition) is 1. The minimum atomic E-state index is -3.77. The van der Waals surface area contributed by atoms with Gasteiger partial charge in [-0.3, -0.25) is 19.6 Å². The summed E-state index contributed by atoms with van der Waals surface area (Å²) in [6.07, 6.45) is 4.84. The first-order valence-corrected chi connectivity index (χ1v) is 9.80. The van der Waals surface area contributed by atoms with Crippen LogP contribution in [0.4, 0.5) is 0 Å². The van der Waals surface area contributed by atoms with E-state index in [1.54, 1.807) is 6.21 Å². The van der Waals surface area contributed by atoms with Crippen LogP contribution in [0, 0.1) is 0 Å². The second-order valence-electron chi connectivity index (χ2n) is 5.33. The van der Waals surface area contributed by atoms with Gasteiger partial charge in [-0.1, -0.05) is 23.2 Å². The minimum Gasteiger partial charge on any atom is -0.292 e. The van der Waals surface area contributed by atoms with Crippen molar-refractivity contribution >= 4 is 51.1 Å². The molecule has 0 radical (unpaired) electrons. The van der Waals surface area contributed by atoms with Crippen LogP contribution in [0.2, 0.25) is 10.0 Å². The zero-order valence-corrected chi connectivity index (χ0v) is 15.5. The zero-order chi connectivity index (χ0) is 18.6. The minimum absolute atomic E-state index is 0.116. The highest BCUT2D eigenvalue weighted by atomic mass is 35.5. The van der Waals surface area contributed by atoms with E-state index >= 15 is 0 Å². The van der Waals surface area contributed by atoms with Crippen LogP contribution in [-0.4, -0.2) is 44.1 Å². The molecule has 0 bridgehead atoms. The molecule has 1 aromatic rings. The van der Waals surface area contributed by atoms with Gasteiger partial charge in [0.15, 0.2) is 5.78 Å². The van der Waals surface area contributed by atoms with E-state index in [0.29, 0.717) is 23.4 Å². The number of halogens is 2. The van der Waals surface area contributed by atoms with E-state index in [2.05, 4.69) is 9.82 Å². The second kappa shape index (κ2) is 8.09. The zero-order valence-electron chi connectivity index (χ0n) is 13.2. The van der Waals surface area contributed by atoms with Crippen LogP contribution in [-0.2, 0) is 14.8 Å². The fourth-order valence-corrected chi connectivity index (χ4v) is 3.19. The van der Waals surface area contributed by atoms with E-state index in [9.17, 15) is 18.0 Å². The first-order valence-electron chi connectivity index (χ1n) is 7.15. The molecule has 0 spiro atoms. The van der Waals surface area contributed by atoms with Crippen LogP contribution in [0.3, 0.4) is 0 Å². The summed E-state index contributed by atoms with van der Waals surface area (Å²) in [5.41, 5.74) is 0.434. The van der Waals surface area contributed by atoms with Crippen molar-refractivity contribution < 1.29 is 18.0 Å². The normalized spacial score (nSPS) is 14.1. The number of hydrazine groups is 1. The standard InChI is InChI=1S/C15H15Cl2N3O4S/c1-25(23,24)19-20(15(22)10-3-2-6-18-8-10)9-14(21)12-5-4-11(16)7-13(12)17/h4-8,19H,2-3,9H2,1H3. The van der Waals surface area contributed by atoms with Crippen LogP contribution in [0.15, 0.2) is 35.0 Å². The third-order valence-corrected chi connectivity index (χ3v) is 4.31. The van der Waals surface area contributed by atoms with Gasteiger partial charge in [-0.25, -0.2) is 8.42 Å². The van der Waals surface area contributed by atoms with E-state index in [1.807, 2.05) is 0 Å². The molecule has 1 amide bonds. The van der Waals surface area contributed by atoms with E-state index < -0.39 is 28.3 Å². The molecule has 7 nitrogen and oxygen atoms in total. The summed E-state index contributed by atoms with van der Waals surface area (Å²) in [5, 5.41) is 1.22. The number of amides is 1. The lowest BCUT2D eigenvalue weighted by Gasteiger charge is -2.23. The number of nitrogens with zero attached hydrogens (tertiary/aromatic N) is 2. The summed E-state index contributed by atoms with van der Waals surface area (Å²) >= 11 is 11.8. The van der Waals surface area contributed by atoms with Crippen molar-refractivity contribution in [1.29, 1.82) is 0 Å². The Bertz CT molecular complexity index is 866. The predicted octanol–water partition coefficient (Wildman–Crippen LogP) is 2.22. The Morgan fingerprint density at radius 2 is 2.04 bits per heavy atom. The van der Waals surface area contributed by atoms with Crippen LogP contribution in [0.1, 0.15) is 23.2 Å². The highest BCUT2D eigenvalue weighted by Gasteiger charge is 2.25. The Morgan fingerprint density at radius 3 is 2.60 bits per heavy atom. The Balaban J connectivity index is 2.26. The summed E-state index contributed by atoms with van der Waals surface area (Å²) in [6.45, 7) is -0.520. The van der Waals surface area contributed by atoms with Crippen molar-refractivity contribution in [2.24, 2.45) is 4.99 Å². The Kier molecular flexibility index (Phi) is 6.34. The third-order valence-electron chi connectivity index (χ3n) is 3.21. The molecule has 25 heavy (non-hydrogen) atoms. The molecule has 0 saturated carbocycles. The highest BCUT2D eigenvalue weighted by Crippen LogP contribution is 2.22. The van der Waals surface area contributed by atoms with Crippen molar-refractivity contribution in [3.05, 3.63) is 45.6 Å². The average Bonchev–Trinajstić information content (AvgIpc) is 2.53. The summed E-state index contributed by atoms with van der Waals surface area (Å²) in [4.78, 5) is 30.9. The van der Waals surface area contributed by atoms with Crippen molar-refractivity contribution in [1.82, 2.24) is 9.84 Å². The van der Waals surface area contributed by atoms with Gasteiger partial charge in [-0.2, -0.15) is 0 Å². The van der Waals surface area contributed by atoms with Crippen molar-refractivity contribution in [2.75, 3.05) is 12.8 Å². The Morgan fingerprint density at radius 1 is 1.32 bits per heavy atom. The smallest absolute Gasteiger partial charge is 0.266 e. The molecule has 0 saturated heterocycles. The number of carbonyl (C=O) groups excluding carboxylic acids is 2. The number of benzene rings is 1. The van der Waals surface area contributed by atoms with E-state index in [4.69, 9.17) is 23.2 Å². The molecule has 1 heterocycles. The molecule has 0 aliphatic carbocycles. The average molecular weight is 404 g/mol. The van der Waals surface area contributed by atoms with Gasteiger partial charge in [-0.15, -0.1) is 4.83 Å². The number of ketones is 1. The largest absolute Gasteiger partial charge is 0.292 e. The molecule has 1 N–H and O–H groups in total. The molecule has 10 heteroatoms. The molecule has 2 rings (SSSR count). The van der Waals surface area contributed by atoms with Gasteiger partial charge >= 0.3 is 0 Å². The SMILES string of the molecule is CS(=O)(=O)NN(CC(=O)c1ccc(Cl)cc1Cl)C(=O)C1=CN=CCC1. The topological polar surface area (TPSA) is 95.9 Å². The number of carbonyl (C=O) groups is 2. The highest BCUT2D eigenvalue weighted by molar-refractivity contribution is 7.88. The molecular formula is C15H15Cl2N3O4S. The number of sulfonamides is 1. The summed E-state index contributed by atoms with van der Waals surface area (Å²) < 4.78 is 23.1. The number of Topliss-reactive ketones (excluding diaryl/α,β-unsaturated/α-hetero) is 1. The second-order valence-corrected chi connectivity index (χ2v) is 7.90. The molecule has 134 valence electrons. The number of aliphatic imine (C=N–C) groups is 1. The van der Waals surface area contributed by atoms with Gasteiger partial charge in [0.1, 0.15) is 6.54 Å². The summed E-state index contributed by atoms with van der Waals surface area (Å²) in [7, 11) is -3.77. The lowest BCUT2D eigenvalue weighted by molar-refractivity contribution is -0.128.